The van der Waals surface area contributed by atoms with Crippen LogP contribution in [0, 0.1) is 13.8 Å². The summed E-state index contributed by atoms with van der Waals surface area (Å²) in [6, 6.07) is 5.15. The van der Waals surface area contributed by atoms with Crippen LogP contribution in [0.5, 0.6) is 0 Å². The summed E-state index contributed by atoms with van der Waals surface area (Å²) in [5.41, 5.74) is 2.07. The predicted octanol–water partition coefficient (Wildman–Crippen LogP) is 4.18. The molecule has 27 heavy (non-hydrogen) atoms. The standard InChI is InChI=1S/C18H23F3N4O.HI/c1-12-16(13(2)26-24-12)9-10-23-17(22-3)25(4)11-14-5-7-15(8-6-14)18(19,20)21;/h5-8H,9-11H2,1-4H3,(H,22,23);1H. The van der Waals surface area contributed by atoms with E-state index in [1.807, 2.05) is 25.8 Å². The molecule has 0 aliphatic carbocycles. The summed E-state index contributed by atoms with van der Waals surface area (Å²) in [7, 11) is 3.50. The molecule has 0 spiro atoms. The number of benzene rings is 1. The van der Waals surface area contributed by atoms with Gasteiger partial charge in [-0.25, -0.2) is 0 Å². The first kappa shape index (κ1) is 23.3. The van der Waals surface area contributed by atoms with Gasteiger partial charge in [0.2, 0.25) is 0 Å². The lowest BCUT2D eigenvalue weighted by Crippen LogP contribution is -2.39. The minimum absolute atomic E-state index is 0. The largest absolute Gasteiger partial charge is 0.416 e. The number of hydrogen-bond donors (Lipinski definition) is 1. The number of aromatic nitrogens is 1. The third-order valence-corrected chi connectivity index (χ3v) is 4.11. The van der Waals surface area contributed by atoms with Gasteiger partial charge < -0.3 is 14.7 Å². The molecule has 2 rings (SSSR count). The van der Waals surface area contributed by atoms with E-state index in [1.54, 1.807) is 7.05 Å². The Hall–Kier alpha value is -1.78. The minimum Gasteiger partial charge on any atom is -0.361 e. The van der Waals surface area contributed by atoms with Crippen molar-refractivity contribution in [1.29, 1.82) is 0 Å². The van der Waals surface area contributed by atoms with E-state index < -0.39 is 11.7 Å². The molecular weight excluding hydrogens is 472 g/mol. The number of nitrogens with zero attached hydrogens (tertiary/aromatic N) is 3. The van der Waals surface area contributed by atoms with Crippen LogP contribution >= 0.6 is 24.0 Å². The summed E-state index contributed by atoms with van der Waals surface area (Å²) in [5, 5.41) is 7.17. The molecule has 0 aliphatic rings. The molecule has 0 saturated heterocycles. The average Bonchev–Trinajstić information content (AvgIpc) is 2.90. The van der Waals surface area contributed by atoms with Crippen LogP contribution in [0.2, 0.25) is 0 Å². The van der Waals surface area contributed by atoms with Gasteiger partial charge in [0.15, 0.2) is 5.96 Å². The quantitative estimate of drug-likeness (QED) is 0.384. The third kappa shape index (κ3) is 6.40. The van der Waals surface area contributed by atoms with Gasteiger partial charge in [0.1, 0.15) is 5.76 Å². The maximum Gasteiger partial charge on any atom is 0.416 e. The first-order valence-corrected chi connectivity index (χ1v) is 8.22. The summed E-state index contributed by atoms with van der Waals surface area (Å²) < 4.78 is 43.0. The molecule has 0 saturated carbocycles. The van der Waals surface area contributed by atoms with Crippen LogP contribution in [-0.2, 0) is 19.1 Å². The van der Waals surface area contributed by atoms with Crippen LogP contribution in [0.3, 0.4) is 0 Å². The Morgan fingerprint density at radius 3 is 2.33 bits per heavy atom. The van der Waals surface area contributed by atoms with Crippen molar-refractivity contribution in [1.82, 2.24) is 15.4 Å². The topological polar surface area (TPSA) is 53.7 Å². The van der Waals surface area contributed by atoms with Gasteiger partial charge in [-0.05, 0) is 38.0 Å². The fraction of sp³-hybridized carbons (Fsp3) is 0.444. The van der Waals surface area contributed by atoms with Gasteiger partial charge in [-0.15, -0.1) is 24.0 Å². The lowest BCUT2D eigenvalue weighted by Gasteiger charge is -2.22. The Labute approximate surface area is 174 Å². The predicted molar refractivity (Wildman–Crippen MR) is 109 cm³/mol. The van der Waals surface area contributed by atoms with Crippen molar-refractivity contribution < 1.29 is 17.7 Å². The summed E-state index contributed by atoms with van der Waals surface area (Å²) in [6.45, 7) is 4.87. The van der Waals surface area contributed by atoms with Gasteiger partial charge in [-0.2, -0.15) is 13.2 Å². The Kier molecular flexibility index (Phi) is 8.58. The number of halogens is 4. The first-order valence-electron chi connectivity index (χ1n) is 8.22. The van der Waals surface area contributed by atoms with Crippen LogP contribution in [0.1, 0.15) is 28.1 Å². The van der Waals surface area contributed by atoms with E-state index in [0.29, 0.717) is 19.0 Å². The lowest BCUT2D eigenvalue weighted by molar-refractivity contribution is -0.137. The number of rotatable bonds is 5. The summed E-state index contributed by atoms with van der Waals surface area (Å²) in [4.78, 5) is 6.07. The Bertz CT molecular complexity index is 737. The van der Waals surface area contributed by atoms with Crippen LogP contribution < -0.4 is 5.32 Å². The second kappa shape index (κ2) is 9.95. The molecule has 1 heterocycles. The van der Waals surface area contributed by atoms with Gasteiger partial charge in [-0.3, -0.25) is 4.99 Å². The van der Waals surface area contributed by atoms with Gasteiger partial charge in [0.05, 0.1) is 11.3 Å². The summed E-state index contributed by atoms with van der Waals surface area (Å²) >= 11 is 0. The zero-order valence-electron chi connectivity index (χ0n) is 15.7. The van der Waals surface area contributed by atoms with Crippen LogP contribution in [-0.4, -0.2) is 36.7 Å². The smallest absolute Gasteiger partial charge is 0.361 e. The molecule has 1 aromatic heterocycles. The lowest BCUT2D eigenvalue weighted by atomic mass is 10.1. The monoisotopic (exact) mass is 496 g/mol. The highest BCUT2D eigenvalue weighted by Gasteiger charge is 2.29. The highest BCUT2D eigenvalue weighted by atomic mass is 127. The Morgan fingerprint density at radius 2 is 1.85 bits per heavy atom. The highest BCUT2D eigenvalue weighted by molar-refractivity contribution is 14.0. The summed E-state index contributed by atoms with van der Waals surface area (Å²) in [6.07, 6.45) is -3.57. The molecule has 0 radical (unpaired) electrons. The number of hydrogen-bond acceptors (Lipinski definition) is 3. The number of aliphatic imine (C=N–C) groups is 1. The van der Waals surface area contributed by atoms with Crippen molar-refractivity contribution in [2.75, 3.05) is 20.6 Å². The van der Waals surface area contributed by atoms with Crippen molar-refractivity contribution >= 4 is 29.9 Å². The molecule has 0 unspecified atom stereocenters. The fourth-order valence-electron chi connectivity index (χ4n) is 2.69. The van der Waals surface area contributed by atoms with Crippen LogP contribution in [0.4, 0.5) is 13.2 Å². The van der Waals surface area contributed by atoms with E-state index in [9.17, 15) is 13.2 Å². The molecule has 0 aliphatic heterocycles. The van der Waals surface area contributed by atoms with Crippen LogP contribution in [0.15, 0.2) is 33.8 Å². The molecule has 5 nitrogen and oxygen atoms in total. The molecule has 2 aromatic rings. The molecule has 0 fully saturated rings. The molecule has 1 aromatic carbocycles. The number of nitrogens with one attached hydrogen (secondary N) is 1. The summed E-state index contributed by atoms with van der Waals surface area (Å²) in [5.74, 6) is 1.47. The van der Waals surface area contributed by atoms with Crippen molar-refractivity contribution in [2.24, 2.45) is 4.99 Å². The van der Waals surface area contributed by atoms with Crippen molar-refractivity contribution in [2.45, 2.75) is 33.0 Å². The molecule has 0 atom stereocenters. The minimum atomic E-state index is -4.32. The highest BCUT2D eigenvalue weighted by Crippen LogP contribution is 2.29. The second-order valence-corrected chi connectivity index (χ2v) is 6.08. The van der Waals surface area contributed by atoms with E-state index in [0.717, 1.165) is 41.1 Å². The second-order valence-electron chi connectivity index (χ2n) is 6.08. The first-order chi connectivity index (χ1) is 12.2. The maximum absolute atomic E-state index is 12.6. The number of aryl methyl sites for hydroxylation is 2. The van der Waals surface area contributed by atoms with E-state index in [2.05, 4.69) is 15.5 Å². The molecule has 0 amide bonds. The Balaban J connectivity index is 0.00000364. The van der Waals surface area contributed by atoms with Gasteiger partial charge >= 0.3 is 6.18 Å². The molecule has 150 valence electrons. The number of guanidine groups is 1. The molecule has 9 heteroatoms. The van der Waals surface area contributed by atoms with Crippen molar-refractivity contribution in [3.8, 4) is 0 Å². The molecule has 0 bridgehead atoms. The van der Waals surface area contributed by atoms with E-state index in [1.165, 1.54) is 12.1 Å². The Morgan fingerprint density at radius 1 is 1.22 bits per heavy atom. The molecule has 1 N–H and O–H groups in total. The maximum atomic E-state index is 12.6. The van der Waals surface area contributed by atoms with E-state index >= 15 is 0 Å². The third-order valence-electron chi connectivity index (χ3n) is 4.11. The normalized spacial score (nSPS) is 11.9. The van der Waals surface area contributed by atoms with Crippen LogP contribution in [0.25, 0.3) is 0 Å². The van der Waals surface area contributed by atoms with Gasteiger partial charge in [0, 0.05) is 32.7 Å². The SMILES string of the molecule is CN=C(NCCc1c(C)noc1C)N(C)Cc1ccc(C(F)(F)F)cc1.I. The van der Waals surface area contributed by atoms with E-state index in [-0.39, 0.29) is 24.0 Å². The number of alkyl halides is 3. The average molecular weight is 496 g/mol. The van der Waals surface area contributed by atoms with Crippen molar-refractivity contribution in [3.63, 3.8) is 0 Å². The zero-order valence-corrected chi connectivity index (χ0v) is 18.1. The fourth-order valence-corrected chi connectivity index (χ4v) is 2.69. The van der Waals surface area contributed by atoms with Gasteiger partial charge in [0.25, 0.3) is 0 Å². The van der Waals surface area contributed by atoms with Gasteiger partial charge in [-0.1, -0.05) is 17.3 Å². The zero-order chi connectivity index (χ0) is 19.3. The van der Waals surface area contributed by atoms with Crippen molar-refractivity contribution in [3.05, 3.63) is 52.4 Å². The van der Waals surface area contributed by atoms with E-state index in [4.69, 9.17) is 4.52 Å². The molecular formula is C18H24F3IN4O.